The highest BCUT2D eigenvalue weighted by Gasteiger charge is 2.09. The summed E-state index contributed by atoms with van der Waals surface area (Å²) in [6.07, 6.45) is 4.46. The second kappa shape index (κ2) is 7.93. The van der Waals surface area contributed by atoms with E-state index >= 15 is 0 Å². The quantitative estimate of drug-likeness (QED) is 0.630. The fraction of sp³-hybridized carbons (Fsp3) is 0.111. The Morgan fingerprint density at radius 2 is 1.85 bits per heavy atom. The number of aromatic nitrogens is 2. The molecule has 0 radical (unpaired) electrons. The van der Waals surface area contributed by atoms with Gasteiger partial charge in [-0.05, 0) is 30.3 Å². The van der Waals surface area contributed by atoms with Crippen molar-refractivity contribution in [3.05, 3.63) is 66.5 Å². The number of rotatable bonds is 6. The second-order valence-electron chi connectivity index (χ2n) is 5.44. The topological polar surface area (TPSA) is 109 Å². The van der Waals surface area contributed by atoms with Gasteiger partial charge in [0.05, 0.1) is 25.2 Å². The molecule has 0 atom stereocenters. The van der Waals surface area contributed by atoms with Gasteiger partial charge < -0.3 is 20.4 Å². The maximum atomic E-state index is 12.3. The molecule has 0 saturated heterocycles. The van der Waals surface area contributed by atoms with Crippen LogP contribution in [0.5, 0.6) is 0 Å². The number of carbonyl (C=O) groups excluding carboxylic acids is 2. The Morgan fingerprint density at radius 1 is 1.04 bits per heavy atom. The van der Waals surface area contributed by atoms with E-state index in [1.165, 1.54) is 19.3 Å². The van der Waals surface area contributed by atoms with E-state index in [1.54, 1.807) is 36.6 Å². The molecular weight excluding hydrogens is 334 g/mol. The normalized spacial score (nSPS) is 10.2. The van der Waals surface area contributed by atoms with Gasteiger partial charge in [0, 0.05) is 18.3 Å². The molecule has 0 spiro atoms. The molecule has 0 bridgehead atoms. The lowest BCUT2D eigenvalue weighted by atomic mass is 10.2. The van der Waals surface area contributed by atoms with Crippen LogP contribution in [0.3, 0.4) is 0 Å². The summed E-state index contributed by atoms with van der Waals surface area (Å²) >= 11 is 0. The molecule has 8 heteroatoms. The largest absolute Gasteiger partial charge is 0.467 e. The Kier molecular flexibility index (Phi) is 5.23. The van der Waals surface area contributed by atoms with Gasteiger partial charge in [0.15, 0.2) is 0 Å². The van der Waals surface area contributed by atoms with Gasteiger partial charge in [-0.15, -0.1) is 0 Å². The van der Waals surface area contributed by atoms with Gasteiger partial charge in [0.2, 0.25) is 5.91 Å². The summed E-state index contributed by atoms with van der Waals surface area (Å²) in [5.74, 6) is 0.727. The van der Waals surface area contributed by atoms with Crippen molar-refractivity contribution >= 4 is 29.0 Å². The van der Waals surface area contributed by atoms with Crippen LogP contribution in [0.15, 0.2) is 59.5 Å². The van der Waals surface area contributed by atoms with Gasteiger partial charge >= 0.3 is 0 Å². The Bertz CT molecular complexity index is 891. The molecule has 8 nitrogen and oxygen atoms in total. The molecular formula is C18H17N5O3. The van der Waals surface area contributed by atoms with Gasteiger partial charge in [-0.3, -0.25) is 9.59 Å². The highest BCUT2D eigenvalue weighted by molar-refractivity contribution is 6.03. The van der Waals surface area contributed by atoms with Gasteiger partial charge in [0.25, 0.3) is 5.91 Å². The summed E-state index contributed by atoms with van der Waals surface area (Å²) in [6, 6.07) is 10.5. The molecule has 1 aromatic carbocycles. The fourth-order valence-electron chi connectivity index (χ4n) is 2.20. The Labute approximate surface area is 149 Å². The van der Waals surface area contributed by atoms with Crippen LogP contribution in [0.25, 0.3) is 0 Å². The van der Waals surface area contributed by atoms with Crippen LogP contribution in [0.4, 0.5) is 17.2 Å². The summed E-state index contributed by atoms with van der Waals surface area (Å²) < 4.78 is 5.22. The summed E-state index contributed by atoms with van der Waals surface area (Å²) in [5.41, 5.74) is 1.32. The maximum Gasteiger partial charge on any atom is 0.275 e. The van der Waals surface area contributed by atoms with E-state index in [9.17, 15) is 9.59 Å². The molecule has 3 aromatic rings. The number of furan rings is 1. The van der Waals surface area contributed by atoms with Crippen molar-refractivity contribution in [2.75, 3.05) is 16.0 Å². The molecule has 2 aromatic heterocycles. The molecule has 132 valence electrons. The number of carbonyl (C=O) groups is 2. The third-order valence-electron chi connectivity index (χ3n) is 3.35. The van der Waals surface area contributed by atoms with Gasteiger partial charge in [-0.1, -0.05) is 6.07 Å². The summed E-state index contributed by atoms with van der Waals surface area (Å²) in [6.45, 7) is 1.89. The van der Waals surface area contributed by atoms with Crippen molar-refractivity contribution in [2.45, 2.75) is 13.5 Å². The third-order valence-corrected chi connectivity index (χ3v) is 3.35. The molecule has 0 aliphatic carbocycles. The first-order valence-corrected chi connectivity index (χ1v) is 7.87. The molecule has 0 fully saturated rings. The van der Waals surface area contributed by atoms with Crippen molar-refractivity contribution in [1.29, 1.82) is 0 Å². The molecule has 3 rings (SSSR count). The van der Waals surface area contributed by atoms with E-state index in [2.05, 4.69) is 25.9 Å². The zero-order chi connectivity index (χ0) is 18.4. The average Bonchev–Trinajstić information content (AvgIpc) is 3.14. The second-order valence-corrected chi connectivity index (χ2v) is 5.44. The van der Waals surface area contributed by atoms with E-state index in [4.69, 9.17) is 4.42 Å². The molecule has 3 N–H and O–H groups in total. The minimum Gasteiger partial charge on any atom is -0.467 e. The molecule has 2 heterocycles. The lowest BCUT2D eigenvalue weighted by Crippen LogP contribution is -2.15. The summed E-state index contributed by atoms with van der Waals surface area (Å²) in [4.78, 5) is 31.6. The van der Waals surface area contributed by atoms with Crippen molar-refractivity contribution in [3.8, 4) is 0 Å². The first kappa shape index (κ1) is 17.2. The van der Waals surface area contributed by atoms with Crippen LogP contribution in [-0.2, 0) is 11.3 Å². The number of anilines is 3. The minimum absolute atomic E-state index is 0.179. The SMILES string of the molecule is CC(=O)Nc1cccc(NC(=O)c2cnc(NCc3ccco3)cn2)c1. The first-order valence-electron chi connectivity index (χ1n) is 7.87. The molecule has 0 saturated carbocycles. The molecule has 0 aliphatic rings. The lowest BCUT2D eigenvalue weighted by Gasteiger charge is -2.08. The van der Waals surface area contributed by atoms with Gasteiger partial charge in [-0.2, -0.15) is 0 Å². The highest BCUT2D eigenvalue weighted by Crippen LogP contribution is 2.16. The number of hydrogen-bond acceptors (Lipinski definition) is 6. The fourth-order valence-corrected chi connectivity index (χ4v) is 2.20. The highest BCUT2D eigenvalue weighted by atomic mass is 16.3. The van der Waals surface area contributed by atoms with E-state index in [0.717, 1.165) is 5.76 Å². The Balaban J connectivity index is 1.60. The number of amides is 2. The van der Waals surface area contributed by atoms with Gasteiger partial charge in [-0.25, -0.2) is 9.97 Å². The van der Waals surface area contributed by atoms with Crippen LogP contribution in [0.2, 0.25) is 0 Å². The average molecular weight is 351 g/mol. The molecule has 0 aliphatic heterocycles. The van der Waals surface area contributed by atoms with Crippen LogP contribution < -0.4 is 16.0 Å². The third kappa shape index (κ3) is 4.67. The predicted molar refractivity (Wildman–Crippen MR) is 96.8 cm³/mol. The zero-order valence-corrected chi connectivity index (χ0v) is 14.0. The first-order chi connectivity index (χ1) is 12.6. The van der Waals surface area contributed by atoms with Crippen LogP contribution in [0.1, 0.15) is 23.2 Å². The van der Waals surface area contributed by atoms with Crippen LogP contribution in [0, 0.1) is 0 Å². The number of hydrogen-bond donors (Lipinski definition) is 3. The van der Waals surface area contributed by atoms with Crippen LogP contribution in [-0.4, -0.2) is 21.8 Å². The Morgan fingerprint density at radius 3 is 2.50 bits per heavy atom. The molecule has 0 unspecified atom stereocenters. The van der Waals surface area contributed by atoms with Crippen molar-refractivity contribution in [3.63, 3.8) is 0 Å². The summed E-state index contributed by atoms with van der Waals surface area (Å²) in [5, 5.41) is 8.42. The number of nitrogens with one attached hydrogen (secondary N) is 3. The molecule has 2 amide bonds. The summed E-state index contributed by atoms with van der Waals surface area (Å²) in [7, 11) is 0. The smallest absolute Gasteiger partial charge is 0.275 e. The van der Waals surface area contributed by atoms with Crippen LogP contribution >= 0.6 is 0 Å². The monoisotopic (exact) mass is 351 g/mol. The zero-order valence-electron chi connectivity index (χ0n) is 14.0. The van der Waals surface area contributed by atoms with E-state index in [1.807, 2.05) is 6.07 Å². The Hall–Kier alpha value is -3.68. The standard InChI is InChI=1S/C18H17N5O3/c1-12(24)22-13-4-2-5-14(8-13)23-18(25)16-10-21-17(11-19-16)20-9-15-6-3-7-26-15/h2-8,10-11H,9H2,1H3,(H,20,21)(H,22,24)(H,23,25). The van der Waals surface area contributed by atoms with Crippen molar-refractivity contribution in [1.82, 2.24) is 9.97 Å². The van der Waals surface area contributed by atoms with E-state index in [-0.39, 0.29) is 11.6 Å². The predicted octanol–water partition coefficient (Wildman–Crippen LogP) is 2.89. The van der Waals surface area contributed by atoms with E-state index < -0.39 is 5.91 Å². The van der Waals surface area contributed by atoms with Crippen molar-refractivity contribution < 1.29 is 14.0 Å². The van der Waals surface area contributed by atoms with Crippen molar-refractivity contribution in [2.24, 2.45) is 0 Å². The number of benzene rings is 1. The molecule has 26 heavy (non-hydrogen) atoms. The number of nitrogens with zero attached hydrogens (tertiary/aromatic N) is 2. The maximum absolute atomic E-state index is 12.3. The van der Waals surface area contributed by atoms with Gasteiger partial charge in [0.1, 0.15) is 17.3 Å². The van der Waals surface area contributed by atoms with E-state index in [0.29, 0.717) is 23.7 Å². The lowest BCUT2D eigenvalue weighted by molar-refractivity contribution is -0.114. The minimum atomic E-state index is -0.393.